The summed E-state index contributed by atoms with van der Waals surface area (Å²) >= 11 is 5.49. The Kier molecular flexibility index (Phi) is 5.53. The van der Waals surface area contributed by atoms with Gasteiger partial charge in [-0.1, -0.05) is 0 Å². The van der Waals surface area contributed by atoms with Gasteiger partial charge in [-0.2, -0.15) is 10.4 Å². The Morgan fingerprint density at radius 2 is 2.00 bits per heavy atom. The Morgan fingerprint density at radius 3 is 2.72 bits per heavy atom. The number of halogens is 1. The van der Waals surface area contributed by atoms with Crippen molar-refractivity contribution in [3.63, 3.8) is 0 Å². The molecule has 2 aliphatic rings. The van der Waals surface area contributed by atoms with Crippen LogP contribution < -0.4 is 15.1 Å². The highest BCUT2D eigenvalue weighted by molar-refractivity contribution is 7.80. The second-order valence-corrected chi connectivity index (χ2v) is 7.09. The number of nitrogens with zero attached hydrogens (tertiary/aromatic N) is 5. The molecule has 0 amide bonds. The fourth-order valence-electron chi connectivity index (χ4n) is 3.33. The van der Waals surface area contributed by atoms with E-state index >= 15 is 0 Å². The minimum Gasteiger partial charge on any atom is -0.491 e. The topological polar surface area (TPSA) is 76.8 Å². The molecule has 0 radical (unpaired) electrons. The lowest BCUT2D eigenvalue weighted by atomic mass is 10.1. The lowest BCUT2D eigenvalue weighted by Crippen LogP contribution is -2.51. The third-order valence-corrected chi connectivity index (χ3v) is 5.25. The molecule has 0 saturated carbocycles. The first-order valence-corrected chi connectivity index (χ1v) is 9.70. The molecule has 1 aromatic carbocycles. The van der Waals surface area contributed by atoms with Gasteiger partial charge in [-0.25, -0.2) is 9.37 Å². The van der Waals surface area contributed by atoms with E-state index in [2.05, 4.69) is 31.4 Å². The minimum absolute atomic E-state index is 0.402. The van der Waals surface area contributed by atoms with E-state index in [0.717, 1.165) is 38.1 Å². The zero-order valence-corrected chi connectivity index (χ0v) is 16.5. The molecule has 0 aliphatic carbocycles. The normalized spacial score (nSPS) is 17.3. The molecular formula is C20H19FN6OS. The number of anilines is 1. The van der Waals surface area contributed by atoms with Gasteiger partial charge in [-0.15, -0.1) is 0 Å². The Labute approximate surface area is 173 Å². The van der Waals surface area contributed by atoms with Crippen LogP contribution >= 0.6 is 12.2 Å². The zero-order chi connectivity index (χ0) is 20.2. The summed E-state index contributed by atoms with van der Waals surface area (Å²) in [5.74, 6) is -0.0348. The van der Waals surface area contributed by atoms with Gasteiger partial charge < -0.3 is 14.5 Å². The number of aromatic nitrogens is 1. The highest BCUT2D eigenvalue weighted by Gasteiger charge is 2.21. The van der Waals surface area contributed by atoms with Gasteiger partial charge in [0.15, 0.2) is 5.11 Å². The molecule has 1 saturated heterocycles. The van der Waals surface area contributed by atoms with Crippen LogP contribution in [-0.4, -0.2) is 53.5 Å². The summed E-state index contributed by atoms with van der Waals surface area (Å²) in [6.07, 6.45) is 1.73. The van der Waals surface area contributed by atoms with Crippen LogP contribution in [0.3, 0.4) is 0 Å². The van der Waals surface area contributed by atoms with E-state index in [0.29, 0.717) is 40.9 Å². The average Bonchev–Trinajstić information content (AvgIpc) is 2.77. The summed E-state index contributed by atoms with van der Waals surface area (Å²) in [6.45, 7) is 3.60. The Bertz CT molecular complexity index is 979. The Hall–Kier alpha value is -3.25. The van der Waals surface area contributed by atoms with Crippen LogP contribution in [0.1, 0.15) is 17.7 Å². The van der Waals surface area contributed by atoms with E-state index in [1.165, 1.54) is 6.07 Å². The highest BCUT2D eigenvalue weighted by atomic mass is 32.1. The number of piperazine rings is 1. The van der Waals surface area contributed by atoms with Crippen molar-refractivity contribution in [2.75, 3.05) is 37.7 Å². The van der Waals surface area contributed by atoms with E-state index in [4.69, 9.17) is 22.2 Å². The molecule has 4 rings (SSSR count). The van der Waals surface area contributed by atoms with Crippen LogP contribution in [0, 0.1) is 17.1 Å². The van der Waals surface area contributed by atoms with Crippen LogP contribution in [0.15, 0.2) is 41.6 Å². The standard InChI is InChI=1S/C20H19FN6OS/c21-15-11-18-19(23-13-15)17(5-10-28-18)24-25-20(29)27-8-6-26(7-9-27)16-3-1-14(12-22)2-4-16/h1-4,11,13H,5-10H2,(H,25,29)/b24-17-. The zero-order valence-electron chi connectivity index (χ0n) is 15.6. The molecule has 29 heavy (non-hydrogen) atoms. The maximum Gasteiger partial charge on any atom is 0.189 e. The molecule has 7 nitrogen and oxygen atoms in total. The number of hydrogen-bond donors (Lipinski definition) is 1. The quantitative estimate of drug-likeness (QED) is 0.601. The highest BCUT2D eigenvalue weighted by Crippen LogP contribution is 2.23. The minimum atomic E-state index is -0.436. The van der Waals surface area contributed by atoms with Gasteiger partial charge in [0.25, 0.3) is 0 Å². The number of fused-ring (bicyclic) bond motifs is 1. The van der Waals surface area contributed by atoms with Crippen LogP contribution in [0.5, 0.6) is 5.75 Å². The van der Waals surface area contributed by atoms with Crippen LogP contribution in [0.2, 0.25) is 0 Å². The fraction of sp³-hybridized carbons (Fsp3) is 0.300. The van der Waals surface area contributed by atoms with Crippen molar-refractivity contribution in [2.24, 2.45) is 5.10 Å². The molecule has 2 aromatic rings. The largest absolute Gasteiger partial charge is 0.491 e. The first kappa shape index (κ1) is 19.1. The Balaban J connectivity index is 1.35. The summed E-state index contributed by atoms with van der Waals surface area (Å²) in [4.78, 5) is 8.42. The number of benzene rings is 1. The van der Waals surface area contributed by atoms with Crippen LogP contribution in [-0.2, 0) is 0 Å². The third-order valence-electron chi connectivity index (χ3n) is 4.90. The number of nitriles is 1. The van der Waals surface area contributed by atoms with Crippen molar-refractivity contribution in [1.29, 1.82) is 5.26 Å². The van der Waals surface area contributed by atoms with Gasteiger partial charge in [0.2, 0.25) is 0 Å². The molecule has 9 heteroatoms. The third kappa shape index (κ3) is 4.27. The second-order valence-electron chi connectivity index (χ2n) is 6.71. The van der Waals surface area contributed by atoms with Gasteiger partial charge in [-0.3, -0.25) is 5.43 Å². The molecule has 1 aromatic heterocycles. The van der Waals surface area contributed by atoms with E-state index in [9.17, 15) is 4.39 Å². The molecule has 0 spiro atoms. The monoisotopic (exact) mass is 410 g/mol. The van der Waals surface area contributed by atoms with Gasteiger partial charge in [0, 0.05) is 44.4 Å². The molecule has 0 bridgehead atoms. The fourth-order valence-corrected chi connectivity index (χ4v) is 3.56. The maximum absolute atomic E-state index is 13.3. The van der Waals surface area contributed by atoms with Crippen molar-refractivity contribution in [3.05, 3.63) is 53.6 Å². The second kappa shape index (κ2) is 8.41. The lowest BCUT2D eigenvalue weighted by Gasteiger charge is -2.37. The molecule has 2 aliphatic heterocycles. The smallest absolute Gasteiger partial charge is 0.189 e. The summed E-state index contributed by atoms with van der Waals surface area (Å²) < 4.78 is 18.8. The first-order chi connectivity index (χ1) is 14.1. The predicted octanol–water partition coefficient (Wildman–Crippen LogP) is 2.28. The van der Waals surface area contributed by atoms with E-state index in [1.807, 2.05) is 24.3 Å². The van der Waals surface area contributed by atoms with E-state index in [-0.39, 0.29) is 0 Å². The number of nitrogens with one attached hydrogen (secondary N) is 1. The van der Waals surface area contributed by atoms with Gasteiger partial charge in [0.1, 0.15) is 17.3 Å². The number of hydrogen-bond acceptors (Lipinski definition) is 6. The summed E-state index contributed by atoms with van der Waals surface area (Å²) in [7, 11) is 0. The lowest BCUT2D eigenvalue weighted by molar-refractivity contribution is 0.316. The van der Waals surface area contributed by atoms with Crippen molar-refractivity contribution in [1.82, 2.24) is 15.3 Å². The van der Waals surface area contributed by atoms with Crippen LogP contribution in [0.25, 0.3) is 0 Å². The van der Waals surface area contributed by atoms with E-state index in [1.54, 1.807) is 0 Å². The average molecular weight is 410 g/mol. The van der Waals surface area contributed by atoms with Crippen molar-refractivity contribution < 1.29 is 9.13 Å². The van der Waals surface area contributed by atoms with Crippen molar-refractivity contribution >= 4 is 28.7 Å². The number of thiocarbonyl (C=S) groups is 1. The molecule has 148 valence electrons. The SMILES string of the molecule is N#Cc1ccc(N2CCN(C(=S)N/N=C3/CCOc4cc(F)cnc43)CC2)cc1. The van der Waals surface area contributed by atoms with Crippen LogP contribution in [0.4, 0.5) is 10.1 Å². The molecule has 1 fully saturated rings. The van der Waals surface area contributed by atoms with Gasteiger partial charge in [0.05, 0.1) is 30.1 Å². The number of pyridine rings is 1. The molecular weight excluding hydrogens is 391 g/mol. The number of hydrazone groups is 1. The summed E-state index contributed by atoms with van der Waals surface area (Å²) in [5.41, 5.74) is 5.94. The van der Waals surface area contributed by atoms with Gasteiger partial charge >= 0.3 is 0 Å². The van der Waals surface area contributed by atoms with E-state index < -0.39 is 5.82 Å². The summed E-state index contributed by atoms with van der Waals surface area (Å²) in [5, 5.41) is 13.9. The van der Waals surface area contributed by atoms with Crippen molar-refractivity contribution in [2.45, 2.75) is 6.42 Å². The molecule has 0 atom stereocenters. The maximum atomic E-state index is 13.3. The molecule has 0 unspecified atom stereocenters. The molecule has 1 N–H and O–H groups in total. The summed E-state index contributed by atoms with van der Waals surface area (Å²) in [6, 6.07) is 11.0. The first-order valence-electron chi connectivity index (χ1n) is 9.29. The number of ether oxygens (including phenoxy) is 1. The number of rotatable bonds is 2. The Morgan fingerprint density at radius 1 is 1.24 bits per heavy atom. The predicted molar refractivity (Wildman–Crippen MR) is 112 cm³/mol. The van der Waals surface area contributed by atoms with Crippen molar-refractivity contribution in [3.8, 4) is 11.8 Å². The molecule has 3 heterocycles. The van der Waals surface area contributed by atoms with Gasteiger partial charge in [-0.05, 0) is 36.5 Å².